The Labute approximate surface area is 176 Å². The maximum atomic E-state index is 11.2. The van der Waals surface area contributed by atoms with Crippen molar-refractivity contribution in [3.63, 3.8) is 0 Å². The lowest BCUT2D eigenvalue weighted by atomic mass is 10.1. The molecule has 2 aromatic carbocycles. The van der Waals surface area contributed by atoms with Gasteiger partial charge in [-0.15, -0.1) is 0 Å². The lowest BCUT2D eigenvalue weighted by Crippen LogP contribution is -2.08. The molecule has 0 radical (unpaired) electrons. The number of nitrogens with zero attached hydrogens (tertiary/aromatic N) is 1. The van der Waals surface area contributed by atoms with Crippen LogP contribution in [0.3, 0.4) is 0 Å². The monoisotopic (exact) mass is 518 g/mol. The molecule has 2 aromatic rings. The van der Waals surface area contributed by atoms with E-state index in [9.17, 15) is 19.7 Å². The SMILES string of the molecule is COC(=O)c1cc(Br)cc(N)c1N.COC(=O)c1cc(Br)cc([N+](=O)[O-])c1N. The molecule has 0 aliphatic carbocycles. The van der Waals surface area contributed by atoms with E-state index >= 15 is 0 Å². The van der Waals surface area contributed by atoms with Crippen LogP contribution in [0.2, 0.25) is 0 Å². The molecule has 0 aliphatic heterocycles. The number of nitro benzene ring substituents is 1. The van der Waals surface area contributed by atoms with Crippen molar-refractivity contribution >= 4 is 66.5 Å². The van der Waals surface area contributed by atoms with Gasteiger partial charge in [0.2, 0.25) is 0 Å². The number of carbonyl (C=O) groups is 2. The molecule has 6 N–H and O–H groups in total. The van der Waals surface area contributed by atoms with E-state index in [1.807, 2.05) is 0 Å². The van der Waals surface area contributed by atoms with Gasteiger partial charge in [-0.25, -0.2) is 9.59 Å². The third-order valence-corrected chi connectivity index (χ3v) is 4.22. The lowest BCUT2D eigenvalue weighted by Gasteiger charge is -2.06. The van der Waals surface area contributed by atoms with Gasteiger partial charge in [0.1, 0.15) is 5.69 Å². The molecule has 0 bridgehead atoms. The summed E-state index contributed by atoms with van der Waals surface area (Å²) >= 11 is 6.25. The second-order valence-electron chi connectivity index (χ2n) is 5.08. The summed E-state index contributed by atoms with van der Waals surface area (Å²) in [6.07, 6.45) is 0. The van der Waals surface area contributed by atoms with E-state index < -0.39 is 16.9 Å². The Morgan fingerprint density at radius 2 is 1.32 bits per heavy atom. The number of nitro groups is 1. The van der Waals surface area contributed by atoms with Crippen LogP contribution in [0.15, 0.2) is 33.2 Å². The van der Waals surface area contributed by atoms with Crippen LogP contribution in [0.25, 0.3) is 0 Å². The predicted octanol–water partition coefficient (Wildman–Crippen LogP) is 3.13. The van der Waals surface area contributed by atoms with E-state index in [-0.39, 0.29) is 28.2 Å². The minimum Gasteiger partial charge on any atom is -0.465 e. The minimum absolute atomic E-state index is 0.0291. The number of methoxy groups -OCH3 is 2. The van der Waals surface area contributed by atoms with Crippen molar-refractivity contribution in [2.45, 2.75) is 0 Å². The summed E-state index contributed by atoms with van der Waals surface area (Å²) in [6, 6.07) is 5.79. The van der Waals surface area contributed by atoms with Crippen LogP contribution in [0.1, 0.15) is 20.7 Å². The minimum atomic E-state index is -0.711. The van der Waals surface area contributed by atoms with Crippen molar-refractivity contribution in [2.75, 3.05) is 31.4 Å². The number of anilines is 3. The van der Waals surface area contributed by atoms with E-state index in [1.54, 1.807) is 12.1 Å². The molecule has 12 heteroatoms. The van der Waals surface area contributed by atoms with Gasteiger partial charge in [0.15, 0.2) is 0 Å². The Morgan fingerprint density at radius 3 is 1.75 bits per heavy atom. The van der Waals surface area contributed by atoms with Crippen molar-refractivity contribution < 1.29 is 24.0 Å². The fourth-order valence-corrected chi connectivity index (χ4v) is 2.87. The fraction of sp³-hybridized carbons (Fsp3) is 0.125. The van der Waals surface area contributed by atoms with E-state index in [0.29, 0.717) is 14.6 Å². The van der Waals surface area contributed by atoms with E-state index in [2.05, 4.69) is 41.3 Å². The predicted molar refractivity (Wildman–Crippen MR) is 111 cm³/mol. The highest BCUT2D eigenvalue weighted by Crippen LogP contribution is 2.30. The van der Waals surface area contributed by atoms with Gasteiger partial charge in [-0.05, 0) is 18.2 Å². The van der Waals surface area contributed by atoms with Gasteiger partial charge in [-0.1, -0.05) is 31.9 Å². The van der Waals surface area contributed by atoms with E-state index in [0.717, 1.165) is 0 Å². The van der Waals surface area contributed by atoms with E-state index in [4.69, 9.17) is 17.2 Å². The first-order valence-corrected chi connectivity index (χ1v) is 8.86. The Kier molecular flexibility index (Phi) is 8.19. The van der Waals surface area contributed by atoms with Crippen LogP contribution < -0.4 is 17.2 Å². The number of hydrogen-bond donors (Lipinski definition) is 3. The molecule has 2 rings (SSSR count). The van der Waals surface area contributed by atoms with Crippen molar-refractivity contribution in [2.24, 2.45) is 0 Å². The number of hydrogen-bond acceptors (Lipinski definition) is 9. The highest BCUT2D eigenvalue weighted by atomic mass is 79.9. The quantitative estimate of drug-likeness (QED) is 0.238. The Balaban J connectivity index is 0.000000283. The molecule has 0 amide bonds. The third-order valence-electron chi connectivity index (χ3n) is 3.31. The van der Waals surface area contributed by atoms with Crippen molar-refractivity contribution in [1.29, 1.82) is 0 Å². The molecule has 0 saturated carbocycles. The first-order valence-electron chi connectivity index (χ1n) is 7.28. The fourth-order valence-electron chi connectivity index (χ4n) is 1.95. The van der Waals surface area contributed by atoms with Gasteiger partial charge in [0, 0.05) is 15.0 Å². The summed E-state index contributed by atoms with van der Waals surface area (Å²) in [7, 11) is 2.47. The molecule has 0 aromatic heterocycles. The number of nitrogens with two attached hydrogens (primary N) is 3. The smallest absolute Gasteiger partial charge is 0.340 e. The number of nitrogen functional groups attached to an aromatic ring is 3. The molecule has 0 unspecified atom stereocenters. The first kappa shape index (κ1) is 23.2. The summed E-state index contributed by atoms with van der Waals surface area (Å²) in [5, 5.41) is 10.6. The highest BCUT2D eigenvalue weighted by Gasteiger charge is 2.21. The number of benzene rings is 2. The summed E-state index contributed by atoms with van der Waals surface area (Å²) in [6.45, 7) is 0. The van der Waals surface area contributed by atoms with Crippen LogP contribution in [-0.2, 0) is 9.47 Å². The molecule has 10 nitrogen and oxygen atoms in total. The van der Waals surface area contributed by atoms with Gasteiger partial charge >= 0.3 is 11.9 Å². The van der Waals surface area contributed by atoms with Gasteiger partial charge < -0.3 is 26.7 Å². The lowest BCUT2D eigenvalue weighted by molar-refractivity contribution is -0.384. The van der Waals surface area contributed by atoms with Crippen molar-refractivity contribution in [1.82, 2.24) is 0 Å². The largest absolute Gasteiger partial charge is 0.465 e. The Hall–Kier alpha value is -2.86. The molecular formula is C16H16Br2N4O6. The molecule has 0 heterocycles. The number of carbonyl (C=O) groups excluding carboxylic acids is 2. The van der Waals surface area contributed by atoms with Gasteiger partial charge in [0.05, 0.1) is 41.6 Å². The zero-order valence-electron chi connectivity index (χ0n) is 14.7. The summed E-state index contributed by atoms with van der Waals surface area (Å²) in [5.74, 6) is -1.21. The summed E-state index contributed by atoms with van der Waals surface area (Å²) in [4.78, 5) is 32.3. The Morgan fingerprint density at radius 1 is 0.893 bits per heavy atom. The topological polar surface area (TPSA) is 174 Å². The van der Waals surface area contributed by atoms with Crippen LogP contribution in [0.4, 0.5) is 22.7 Å². The van der Waals surface area contributed by atoms with Crippen LogP contribution in [0, 0.1) is 10.1 Å². The summed E-state index contributed by atoms with van der Waals surface area (Å²) in [5.41, 5.74) is 16.9. The molecule has 0 atom stereocenters. The summed E-state index contributed by atoms with van der Waals surface area (Å²) < 4.78 is 10.1. The molecule has 0 fully saturated rings. The van der Waals surface area contributed by atoms with Crippen molar-refractivity contribution in [3.8, 4) is 0 Å². The number of rotatable bonds is 3. The molecule has 0 spiro atoms. The van der Waals surface area contributed by atoms with Crippen molar-refractivity contribution in [3.05, 3.63) is 54.5 Å². The zero-order chi connectivity index (χ0) is 21.6. The average molecular weight is 520 g/mol. The molecule has 0 aliphatic rings. The van der Waals surface area contributed by atoms with E-state index in [1.165, 1.54) is 26.4 Å². The molecule has 150 valence electrons. The van der Waals surface area contributed by atoms with Gasteiger partial charge in [0.25, 0.3) is 5.69 Å². The Bertz CT molecular complexity index is 936. The molecule has 0 saturated heterocycles. The maximum absolute atomic E-state index is 11.2. The first-order chi connectivity index (χ1) is 13.0. The second kappa shape index (κ2) is 9.90. The third kappa shape index (κ3) is 5.57. The highest BCUT2D eigenvalue weighted by molar-refractivity contribution is 9.10. The second-order valence-corrected chi connectivity index (χ2v) is 6.91. The number of ether oxygens (including phenoxy) is 2. The maximum Gasteiger partial charge on any atom is 0.340 e. The number of halogens is 2. The zero-order valence-corrected chi connectivity index (χ0v) is 17.9. The van der Waals surface area contributed by atoms with Gasteiger partial charge in [-0.2, -0.15) is 0 Å². The molecular weight excluding hydrogens is 504 g/mol. The molecule has 28 heavy (non-hydrogen) atoms. The van der Waals surface area contributed by atoms with Crippen LogP contribution in [0.5, 0.6) is 0 Å². The average Bonchev–Trinajstić information content (AvgIpc) is 2.65. The normalized spacial score (nSPS) is 9.71. The van der Waals surface area contributed by atoms with Crippen LogP contribution >= 0.6 is 31.9 Å². The standard InChI is InChI=1S/C8H7BrN2O4.C8H9BrN2O2/c1-15-8(12)5-2-4(9)3-6(7(5)10)11(13)14;1-13-8(12)5-2-4(9)3-6(10)7(5)11/h2-3H,10H2,1H3;2-3H,10-11H2,1H3. The number of esters is 2. The van der Waals surface area contributed by atoms with Crippen LogP contribution in [-0.4, -0.2) is 31.1 Å². The van der Waals surface area contributed by atoms with Gasteiger partial charge in [-0.3, -0.25) is 10.1 Å².